The summed E-state index contributed by atoms with van der Waals surface area (Å²) in [6.07, 6.45) is 2.36. The highest BCUT2D eigenvalue weighted by Crippen LogP contribution is 2.32. The van der Waals surface area contributed by atoms with Gasteiger partial charge >= 0.3 is 0 Å². The number of aromatic nitrogens is 2. The van der Waals surface area contributed by atoms with E-state index in [1.54, 1.807) is 24.3 Å². The Bertz CT molecular complexity index is 1470. The molecule has 5 nitrogen and oxygen atoms in total. The number of rotatable bonds is 7. The molecule has 0 spiro atoms. The van der Waals surface area contributed by atoms with Crippen molar-refractivity contribution in [3.63, 3.8) is 0 Å². The molecule has 170 valence electrons. The molecule has 0 aliphatic heterocycles. The molecule has 1 N–H and O–H groups in total. The summed E-state index contributed by atoms with van der Waals surface area (Å²) < 4.78 is 25.0. The molecule has 0 aliphatic carbocycles. The number of halogens is 2. The van der Waals surface area contributed by atoms with Crippen LogP contribution in [0.3, 0.4) is 0 Å². The van der Waals surface area contributed by atoms with Crippen LogP contribution in [-0.2, 0) is 13.0 Å². The van der Waals surface area contributed by atoms with Gasteiger partial charge in [-0.15, -0.1) is 0 Å². The van der Waals surface area contributed by atoms with Crippen molar-refractivity contribution in [3.8, 4) is 17.1 Å². The zero-order valence-electron chi connectivity index (χ0n) is 18.4. The lowest BCUT2D eigenvalue weighted by molar-refractivity contribution is 0.306. The van der Waals surface area contributed by atoms with Crippen LogP contribution in [0.1, 0.15) is 18.2 Å². The predicted molar refractivity (Wildman–Crippen MR) is 132 cm³/mol. The van der Waals surface area contributed by atoms with Gasteiger partial charge in [0.15, 0.2) is 0 Å². The van der Waals surface area contributed by atoms with Crippen molar-refractivity contribution in [3.05, 3.63) is 101 Å². The van der Waals surface area contributed by atoms with Crippen molar-refractivity contribution < 1.29 is 13.5 Å². The minimum atomic E-state index is -0.301. The van der Waals surface area contributed by atoms with Gasteiger partial charge in [0.1, 0.15) is 41.8 Å². The van der Waals surface area contributed by atoms with Gasteiger partial charge in [0.05, 0.1) is 10.5 Å². The summed E-state index contributed by atoms with van der Waals surface area (Å²) in [6.45, 7) is 2.28. The lowest BCUT2D eigenvalue weighted by Crippen LogP contribution is -1.98. The Labute approximate surface area is 201 Å². The lowest BCUT2D eigenvalue weighted by Gasteiger charge is -2.12. The minimum absolute atomic E-state index is 0.218. The molecule has 0 saturated heterocycles. The number of hydrogen-bond donors (Lipinski definition) is 1. The molecule has 5 rings (SSSR count). The normalized spacial score (nSPS) is 11.0. The van der Waals surface area contributed by atoms with E-state index in [0.29, 0.717) is 16.6 Å². The zero-order chi connectivity index (χ0) is 23.5. The molecule has 7 heteroatoms. The van der Waals surface area contributed by atoms with Gasteiger partial charge in [0, 0.05) is 23.1 Å². The molecule has 0 unspecified atom stereocenters. The monoisotopic (exact) mass is 473 g/mol. The third-order valence-corrected chi connectivity index (χ3v) is 5.70. The molecule has 3 aromatic carbocycles. The summed E-state index contributed by atoms with van der Waals surface area (Å²) >= 11 is 6.45. The maximum atomic E-state index is 13.4. The highest BCUT2D eigenvalue weighted by Gasteiger charge is 2.11. The van der Waals surface area contributed by atoms with Gasteiger partial charge in [-0.3, -0.25) is 0 Å². The molecular weight excluding hydrogens is 453 g/mol. The number of ether oxygens (including phenoxy) is 1. The van der Waals surface area contributed by atoms with E-state index in [1.807, 2.05) is 36.4 Å². The van der Waals surface area contributed by atoms with Crippen LogP contribution in [0.15, 0.2) is 83.5 Å². The first-order chi connectivity index (χ1) is 16.6. The van der Waals surface area contributed by atoms with Crippen molar-refractivity contribution in [1.82, 2.24) is 9.97 Å². The van der Waals surface area contributed by atoms with Crippen molar-refractivity contribution in [1.29, 1.82) is 0 Å². The molecule has 0 amide bonds. The fourth-order valence-electron chi connectivity index (χ4n) is 3.65. The fraction of sp³-hybridized carbons (Fsp3) is 0.111. The van der Waals surface area contributed by atoms with Gasteiger partial charge in [-0.2, -0.15) is 0 Å². The van der Waals surface area contributed by atoms with E-state index in [1.165, 1.54) is 18.5 Å². The standard InChI is InChI=1S/C27H21ClFN3O2/c1-2-21-8-11-25(34-21)18-6-9-24-22(13-18)27(31-16-30-24)32-20-7-10-26(23(28)14-20)33-15-17-4-3-5-19(29)12-17/h3-14,16H,2,15H2,1H3,(H,30,31,32). The van der Waals surface area contributed by atoms with Crippen LogP contribution in [-0.4, -0.2) is 9.97 Å². The largest absolute Gasteiger partial charge is 0.487 e. The van der Waals surface area contributed by atoms with E-state index >= 15 is 0 Å². The Hall–Kier alpha value is -3.90. The fourth-order valence-corrected chi connectivity index (χ4v) is 3.89. The molecule has 34 heavy (non-hydrogen) atoms. The number of furan rings is 1. The molecular formula is C27H21ClFN3O2. The van der Waals surface area contributed by atoms with Gasteiger partial charge in [0.25, 0.3) is 0 Å². The second-order valence-electron chi connectivity index (χ2n) is 7.76. The predicted octanol–water partition coefficient (Wildman–Crippen LogP) is 7.57. The summed E-state index contributed by atoms with van der Waals surface area (Å²) in [6, 6.07) is 21.6. The molecule has 0 radical (unpaired) electrons. The summed E-state index contributed by atoms with van der Waals surface area (Å²) in [5, 5.41) is 4.61. The van der Waals surface area contributed by atoms with Gasteiger partial charge in [-0.05, 0) is 66.2 Å². The highest BCUT2D eigenvalue weighted by molar-refractivity contribution is 6.32. The Morgan fingerprint density at radius 1 is 1.00 bits per heavy atom. The second kappa shape index (κ2) is 9.53. The van der Waals surface area contributed by atoms with E-state index in [0.717, 1.165) is 45.7 Å². The number of benzene rings is 3. The number of aryl methyl sites for hydroxylation is 1. The minimum Gasteiger partial charge on any atom is -0.487 e. The average Bonchev–Trinajstić information content (AvgIpc) is 3.33. The quantitative estimate of drug-likeness (QED) is 0.264. The van der Waals surface area contributed by atoms with E-state index < -0.39 is 0 Å². The third-order valence-electron chi connectivity index (χ3n) is 5.41. The number of fused-ring (bicyclic) bond motifs is 1. The van der Waals surface area contributed by atoms with Gasteiger partial charge in [-0.1, -0.05) is 30.7 Å². The molecule has 0 atom stereocenters. The Kier molecular flexibility index (Phi) is 6.14. The zero-order valence-corrected chi connectivity index (χ0v) is 19.1. The van der Waals surface area contributed by atoms with Gasteiger partial charge in [0.2, 0.25) is 0 Å². The highest BCUT2D eigenvalue weighted by atomic mass is 35.5. The average molecular weight is 474 g/mol. The van der Waals surface area contributed by atoms with Crippen molar-refractivity contribution in [2.45, 2.75) is 20.0 Å². The topological polar surface area (TPSA) is 60.2 Å². The van der Waals surface area contributed by atoms with E-state index in [4.69, 9.17) is 20.8 Å². The Balaban J connectivity index is 1.38. The smallest absolute Gasteiger partial charge is 0.141 e. The number of nitrogens with zero attached hydrogens (tertiary/aromatic N) is 2. The Morgan fingerprint density at radius 2 is 1.91 bits per heavy atom. The summed E-state index contributed by atoms with van der Waals surface area (Å²) in [5.41, 5.74) is 3.23. The first-order valence-corrected chi connectivity index (χ1v) is 11.2. The van der Waals surface area contributed by atoms with Crippen LogP contribution in [0.2, 0.25) is 5.02 Å². The van der Waals surface area contributed by atoms with Crippen LogP contribution >= 0.6 is 11.6 Å². The van der Waals surface area contributed by atoms with Crippen molar-refractivity contribution >= 4 is 34.0 Å². The molecule has 0 fully saturated rings. The second-order valence-corrected chi connectivity index (χ2v) is 8.17. The van der Waals surface area contributed by atoms with Gasteiger partial charge in [-0.25, -0.2) is 14.4 Å². The summed E-state index contributed by atoms with van der Waals surface area (Å²) in [4.78, 5) is 8.81. The van der Waals surface area contributed by atoms with Gasteiger partial charge < -0.3 is 14.5 Å². The van der Waals surface area contributed by atoms with E-state index in [-0.39, 0.29) is 12.4 Å². The molecule has 0 saturated carbocycles. The number of hydrogen-bond acceptors (Lipinski definition) is 5. The van der Waals surface area contributed by atoms with Crippen molar-refractivity contribution in [2.24, 2.45) is 0 Å². The van der Waals surface area contributed by atoms with Crippen LogP contribution in [0, 0.1) is 5.82 Å². The molecule has 2 aromatic heterocycles. The Morgan fingerprint density at radius 3 is 2.71 bits per heavy atom. The first kappa shape index (κ1) is 21.9. The maximum Gasteiger partial charge on any atom is 0.141 e. The van der Waals surface area contributed by atoms with Crippen LogP contribution in [0.4, 0.5) is 15.9 Å². The van der Waals surface area contributed by atoms with E-state index in [2.05, 4.69) is 22.2 Å². The van der Waals surface area contributed by atoms with Crippen molar-refractivity contribution in [2.75, 3.05) is 5.32 Å². The molecule has 2 heterocycles. The van der Waals surface area contributed by atoms with Crippen LogP contribution in [0.5, 0.6) is 5.75 Å². The maximum absolute atomic E-state index is 13.4. The number of nitrogens with one attached hydrogen (secondary N) is 1. The van der Waals surface area contributed by atoms with Crippen LogP contribution < -0.4 is 10.1 Å². The third kappa shape index (κ3) is 4.72. The number of anilines is 2. The van der Waals surface area contributed by atoms with Crippen LogP contribution in [0.25, 0.3) is 22.2 Å². The summed E-state index contributed by atoms with van der Waals surface area (Å²) in [5.74, 6) is 2.60. The molecule has 5 aromatic rings. The molecule has 0 aliphatic rings. The summed E-state index contributed by atoms with van der Waals surface area (Å²) in [7, 11) is 0. The first-order valence-electron chi connectivity index (χ1n) is 10.9. The lowest BCUT2D eigenvalue weighted by atomic mass is 10.1. The SMILES string of the molecule is CCc1ccc(-c2ccc3ncnc(Nc4ccc(OCc5cccc(F)c5)c(Cl)c4)c3c2)o1. The van der Waals surface area contributed by atoms with E-state index in [9.17, 15) is 4.39 Å². The molecule has 0 bridgehead atoms.